The summed E-state index contributed by atoms with van der Waals surface area (Å²) in [5.74, 6) is 0.845. The van der Waals surface area contributed by atoms with Gasteiger partial charge in [-0.15, -0.1) is 0 Å². The lowest BCUT2D eigenvalue weighted by molar-refractivity contribution is -0.0561. The van der Waals surface area contributed by atoms with Crippen LogP contribution in [0.2, 0.25) is 5.02 Å². The van der Waals surface area contributed by atoms with Crippen molar-refractivity contribution in [3.63, 3.8) is 0 Å². The Balaban J connectivity index is 2.15. The highest BCUT2D eigenvalue weighted by Gasteiger charge is 2.46. The van der Waals surface area contributed by atoms with Gasteiger partial charge in [0.05, 0.1) is 6.04 Å². The van der Waals surface area contributed by atoms with Crippen LogP contribution < -0.4 is 10.1 Å². The highest BCUT2D eigenvalue weighted by molar-refractivity contribution is 7.80. The van der Waals surface area contributed by atoms with Gasteiger partial charge in [-0.3, -0.25) is 0 Å². The van der Waals surface area contributed by atoms with Gasteiger partial charge in [-0.25, -0.2) is 0 Å². The Morgan fingerprint density at radius 2 is 2.35 bits per heavy atom. The van der Waals surface area contributed by atoms with Crippen LogP contribution in [0.15, 0.2) is 18.2 Å². The van der Waals surface area contributed by atoms with E-state index in [4.69, 9.17) is 28.6 Å². The topological polar surface area (TPSA) is 24.5 Å². The molecule has 2 bridgehead atoms. The van der Waals surface area contributed by atoms with Crippen molar-refractivity contribution in [2.45, 2.75) is 25.1 Å². The van der Waals surface area contributed by atoms with E-state index >= 15 is 0 Å². The summed E-state index contributed by atoms with van der Waals surface area (Å²) in [6, 6.07) is 5.88. The number of benzene rings is 1. The molecule has 17 heavy (non-hydrogen) atoms. The Morgan fingerprint density at radius 1 is 1.59 bits per heavy atom. The van der Waals surface area contributed by atoms with Gasteiger partial charge in [0.1, 0.15) is 5.75 Å². The van der Waals surface area contributed by atoms with Crippen molar-refractivity contribution in [3.05, 3.63) is 28.8 Å². The molecule has 1 fully saturated rings. The molecule has 1 saturated heterocycles. The van der Waals surface area contributed by atoms with Crippen LogP contribution in [-0.2, 0) is 0 Å². The molecule has 2 atom stereocenters. The van der Waals surface area contributed by atoms with Crippen molar-refractivity contribution in [2.24, 2.45) is 0 Å². The third kappa shape index (κ3) is 1.51. The van der Waals surface area contributed by atoms with Gasteiger partial charge in [0.15, 0.2) is 10.8 Å². The molecule has 90 valence electrons. The van der Waals surface area contributed by atoms with Gasteiger partial charge in [-0.1, -0.05) is 17.7 Å². The van der Waals surface area contributed by atoms with Crippen molar-refractivity contribution in [1.29, 1.82) is 0 Å². The minimum Gasteiger partial charge on any atom is -0.468 e. The zero-order chi connectivity index (χ0) is 12.2. The molecule has 0 aromatic heterocycles. The van der Waals surface area contributed by atoms with Gasteiger partial charge in [0.25, 0.3) is 0 Å². The molecule has 2 heterocycles. The lowest BCUT2D eigenvalue weighted by Crippen LogP contribution is -2.63. The number of nitrogens with one attached hydrogen (secondary N) is 1. The molecule has 2 aliphatic rings. The SMILES string of the molecule is CN1C(=S)NC2CC1(C)Oc1cccc(Cl)c12. The average molecular weight is 269 g/mol. The molecule has 0 aliphatic carbocycles. The first kappa shape index (κ1) is 11.1. The standard InChI is InChI=1S/C12H13ClN2OS/c1-12-6-8(14-11(17)15(12)2)10-7(13)4-3-5-9(10)16-12/h3-5,8H,6H2,1-2H3,(H,14,17). The summed E-state index contributed by atoms with van der Waals surface area (Å²) in [5, 5.41) is 4.75. The quantitative estimate of drug-likeness (QED) is 0.732. The van der Waals surface area contributed by atoms with Crippen LogP contribution in [-0.4, -0.2) is 22.8 Å². The zero-order valence-corrected chi connectivity index (χ0v) is 11.2. The molecule has 1 N–H and O–H groups in total. The first-order chi connectivity index (χ1) is 8.01. The molecule has 0 spiro atoms. The maximum Gasteiger partial charge on any atom is 0.183 e. The lowest BCUT2D eigenvalue weighted by atomic mass is 9.91. The number of ether oxygens (including phenoxy) is 1. The third-order valence-corrected chi connectivity index (χ3v) is 4.31. The van der Waals surface area contributed by atoms with Crippen molar-refractivity contribution in [1.82, 2.24) is 10.2 Å². The van der Waals surface area contributed by atoms with Gasteiger partial charge < -0.3 is 15.0 Å². The minimum atomic E-state index is -0.384. The highest BCUT2D eigenvalue weighted by Crippen LogP contribution is 2.45. The smallest absolute Gasteiger partial charge is 0.183 e. The Labute approximate surface area is 111 Å². The first-order valence-corrected chi connectivity index (χ1v) is 6.32. The van der Waals surface area contributed by atoms with Gasteiger partial charge in [0.2, 0.25) is 0 Å². The third-order valence-electron chi connectivity index (χ3n) is 3.59. The van der Waals surface area contributed by atoms with E-state index in [0.717, 1.165) is 22.8 Å². The van der Waals surface area contributed by atoms with Gasteiger partial charge in [-0.2, -0.15) is 0 Å². The summed E-state index contributed by atoms with van der Waals surface area (Å²) in [4.78, 5) is 1.96. The van der Waals surface area contributed by atoms with Gasteiger partial charge >= 0.3 is 0 Å². The Hall–Kier alpha value is -1.00. The van der Waals surface area contributed by atoms with E-state index in [1.807, 2.05) is 30.1 Å². The molecule has 3 rings (SSSR count). The van der Waals surface area contributed by atoms with Gasteiger partial charge in [0, 0.05) is 24.1 Å². The van der Waals surface area contributed by atoms with Gasteiger partial charge in [-0.05, 0) is 31.3 Å². The summed E-state index contributed by atoms with van der Waals surface area (Å²) in [6.07, 6.45) is 0.834. The molecule has 0 radical (unpaired) electrons. The summed E-state index contributed by atoms with van der Waals surface area (Å²) >= 11 is 11.6. The highest BCUT2D eigenvalue weighted by atomic mass is 35.5. The summed E-state index contributed by atoms with van der Waals surface area (Å²) in [5.41, 5.74) is 0.632. The molecular weight excluding hydrogens is 256 g/mol. The van der Waals surface area contributed by atoms with E-state index in [1.165, 1.54) is 0 Å². The maximum absolute atomic E-state index is 6.24. The molecule has 5 heteroatoms. The molecule has 2 aliphatic heterocycles. The Morgan fingerprint density at radius 3 is 3.12 bits per heavy atom. The number of rotatable bonds is 0. The normalized spacial score (nSPS) is 30.4. The predicted octanol–water partition coefficient (Wildman–Crippen LogP) is 2.70. The number of fused-ring (bicyclic) bond motifs is 4. The second kappa shape index (κ2) is 3.50. The molecule has 2 unspecified atom stereocenters. The minimum absolute atomic E-state index is 0.140. The fraction of sp³-hybridized carbons (Fsp3) is 0.417. The molecule has 0 saturated carbocycles. The molecule has 0 amide bonds. The lowest BCUT2D eigenvalue weighted by Gasteiger charge is -2.51. The van der Waals surface area contributed by atoms with Crippen LogP contribution in [0.5, 0.6) is 5.75 Å². The number of halogens is 1. The number of hydrogen-bond donors (Lipinski definition) is 1. The van der Waals surface area contributed by atoms with Crippen LogP contribution in [0.1, 0.15) is 24.9 Å². The van der Waals surface area contributed by atoms with E-state index in [1.54, 1.807) is 0 Å². The van der Waals surface area contributed by atoms with E-state index in [0.29, 0.717) is 5.11 Å². The fourth-order valence-corrected chi connectivity index (χ4v) is 3.13. The number of hydrogen-bond acceptors (Lipinski definition) is 2. The van der Waals surface area contributed by atoms with Crippen LogP contribution in [0.4, 0.5) is 0 Å². The zero-order valence-electron chi connectivity index (χ0n) is 9.66. The van der Waals surface area contributed by atoms with E-state index in [2.05, 4.69) is 12.2 Å². The van der Waals surface area contributed by atoms with Crippen LogP contribution in [0.25, 0.3) is 0 Å². The second-order valence-electron chi connectivity index (χ2n) is 4.69. The van der Waals surface area contributed by atoms with Crippen molar-refractivity contribution in [3.8, 4) is 5.75 Å². The first-order valence-electron chi connectivity index (χ1n) is 5.53. The molecule has 1 aromatic rings. The summed E-state index contributed by atoms with van der Waals surface area (Å²) < 4.78 is 6.07. The largest absolute Gasteiger partial charge is 0.468 e. The Kier molecular flexibility index (Phi) is 2.28. The van der Waals surface area contributed by atoms with Crippen molar-refractivity contribution >= 4 is 28.9 Å². The summed E-state index contributed by atoms with van der Waals surface area (Å²) in [7, 11) is 1.95. The average Bonchev–Trinajstić information content (AvgIpc) is 2.25. The van der Waals surface area contributed by atoms with Crippen LogP contribution in [0, 0.1) is 0 Å². The van der Waals surface area contributed by atoms with E-state index < -0.39 is 0 Å². The number of thiocarbonyl (C=S) groups is 1. The molecular formula is C12H13ClN2OS. The Bertz CT molecular complexity index is 507. The van der Waals surface area contributed by atoms with Crippen molar-refractivity contribution < 1.29 is 4.74 Å². The second-order valence-corrected chi connectivity index (χ2v) is 5.49. The monoisotopic (exact) mass is 268 g/mol. The van der Waals surface area contributed by atoms with Crippen molar-refractivity contribution in [2.75, 3.05) is 7.05 Å². The van der Waals surface area contributed by atoms with Crippen LogP contribution in [0.3, 0.4) is 0 Å². The van der Waals surface area contributed by atoms with Crippen LogP contribution >= 0.6 is 23.8 Å². The number of nitrogens with zero attached hydrogens (tertiary/aromatic N) is 1. The summed E-state index contributed by atoms with van der Waals surface area (Å²) in [6.45, 7) is 2.05. The molecule has 3 nitrogen and oxygen atoms in total. The molecule has 1 aromatic carbocycles. The fourth-order valence-electron chi connectivity index (χ4n) is 2.49. The predicted molar refractivity (Wildman–Crippen MR) is 71.3 cm³/mol. The van der Waals surface area contributed by atoms with E-state index in [-0.39, 0.29) is 11.8 Å². The van der Waals surface area contributed by atoms with E-state index in [9.17, 15) is 0 Å². The maximum atomic E-state index is 6.24.